The average molecular weight is 291 g/mol. The maximum atomic E-state index is 13.8. The van der Waals surface area contributed by atoms with Crippen molar-refractivity contribution < 1.29 is 22.7 Å². The van der Waals surface area contributed by atoms with Crippen LogP contribution < -0.4 is 4.90 Å². The van der Waals surface area contributed by atoms with E-state index in [2.05, 4.69) is 0 Å². The van der Waals surface area contributed by atoms with E-state index in [9.17, 15) is 22.7 Å². The lowest BCUT2D eigenvalue weighted by Crippen LogP contribution is -2.42. The third-order valence-electron chi connectivity index (χ3n) is 3.67. The Hall–Kier alpha value is -1.30. The highest BCUT2D eigenvalue weighted by Gasteiger charge is 2.42. The van der Waals surface area contributed by atoms with Crippen molar-refractivity contribution in [3.8, 4) is 0 Å². The minimum absolute atomic E-state index is 0.0651. The molecule has 1 saturated heterocycles. The topological polar surface area (TPSA) is 23.5 Å². The normalized spacial score (nSPS) is 21.9. The zero-order valence-corrected chi connectivity index (χ0v) is 11.1. The van der Waals surface area contributed by atoms with Gasteiger partial charge in [-0.2, -0.15) is 13.2 Å². The third-order valence-corrected chi connectivity index (χ3v) is 3.67. The van der Waals surface area contributed by atoms with Crippen LogP contribution in [0.1, 0.15) is 31.4 Å². The van der Waals surface area contributed by atoms with Crippen molar-refractivity contribution in [2.24, 2.45) is 5.92 Å². The van der Waals surface area contributed by atoms with E-state index < -0.39 is 24.0 Å². The van der Waals surface area contributed by atoms with Gasteiger partial charge in [0.15, 0.2) is 0 Å². The van der Waals surface area contributed by atoms with Crippen molar-refractivity contribution in [2.45, 2.75) is 32.0 Å². The molecule has 0 aromatic heterocycles. The number of benzene rings is 1. The maximum Gasteiger partial charge on any atom is 0.393 e. The minimum Gasteiger partial charge on any atom is -0.389 e. The summed E-state index contributed by atoms with van der Waals surface area (Å²) in [6.07, 6.45) is -4.80. The van der Waals surface area contributed by atoms with Gasteiger partial charge in [0.05, 0.1) is 12.0 Å². The molecule has 112 valence electrons. The number of halogens is 4. The maximum absolute atomic E-state index is 13.8. The van der Waals surface area contributed by atoms with Gasteiger partial charge >= 0.3 is 6.18 Å². The fourth-order valence-electron chi connectivity index (χ4n) is 2.68. The summed E-state index contributed by atoms with van der Waals surface area (Å²) in [6, 6.07) is 4.22. The molecule has 1 aromatic rings. The Labute approximate surface area is 115 Å². The van der Waals surface area contributed by atoms with Crippen LogP contribution in [0.4, 0.5) is 23.2 Å². The van der Waals surface area contributed by atoms with Gasteiger partial charge < -0.3 is 10.0 Å². The summed E-state index contributed by atoms with van der Waals surface area (Å²) < 4.78 is 52.2. The van der Waals surface area contributed by atoms with E-state index in [-0.39, 0.29) is 18.5 Å². The van der Waals surface area contributed by atoms with Gasteiger partial charge in [0.2, 0.25) is 0 Å². The fourth-order valence-corrected chi connectivity index (χ4v) is 2.68. The molecule has 1 fully saturated rings. The highest BCUT2D eigenvalue weighted by molar-refractivity contribution is 5.55. The van der Waals surface area contributed by atoms with Gasteiger partial charge in [0.1, 0.15) is 5.82 Å². The van der Waals surface area contributed by atoms with Crippen LogP contribution in [-0.2, 0) is 0 Å². The molecule has 0 radical (unpaired) electrons. The second-order valence-electron chi connectivity index (χ2n) is 5.18. The van der Waals surface area contributed by atoms with Crippen molar-refractivity contribution in [1.82, 2.24) is 0 Å². The lowest BCUT2D eigenvalue weighted by atomic mass is 9.95. The van der Waals surface area contributed by atoms with Crippen LogP contribution in [0.25, 0.3) is 0 Å². The Kier molecular flexibility index (Phi) is 4.22. The number of nitrogens with zero attached hydrogens (tertiary/aromatic N) is 1. The van der Waals surface area contributed by atoms with Crippen LogP contribution in [0.5, 0.6) is 0 Å². The SMILES string of the molecule is CC(O)c1c(F)cccc1N1CCCC(C(F)(F)F)C1. The molecule has 2 nitrogen and oxygen atoms in total. The quantitative estimate of drug-likeness (QED) is 0.841. The zero-order chi connectivity index (χ0) is 14.9. The molecule has 20 heavy (non-hydrogen) atoms. The number of rotatable bonds is 2. The molecule has 0 bridgehead atoms. The van der Waals surface area contributed by atoms with E-state index in [0.717, 1.165) is 0 Å². The second-order valence-corrected chi connectivity index (χ2v) is 5.18. The van der Waals surface area contributed by atoms with Crippen LogP contribution in [0.3, 0.4) is 0 Å². The standard InChI is InChI=1S/C14H17F4NO/c1-9(20)13-11(15)5-2-6-12(13)19-7-3-4-10(8-19)14(16,17)18/h2,5-6,9-10,20H,3-4,7-8H2,1H3. The monoisotopic (exact) mass is 291 g/mol. The first-order valence-corrected chi connectivity index (χ1v) is 6.59. The molecule has 6 heteroatoms. The third kappa shape index (κ3) is 3.06. The summed E-state index contributed by atoms with van der Waals surface area (Å²) in [6.45, 7) is 1.66. The van der Waals surface area contributed by atoms with Gasteiger partial charge in [-0.25, -0.2) is 4.39 Å². The van der Waals surface area contributed by atoms with Crippen LogP contribution in [0.2, 0.25) is 0 Å². The molecule has 1 aliphatic rings. The molecule has 0 aliphatic carbocycles. The zero-order valence-electron chi connectivity index (χ0n) is 11.1. The van der Waals surface area contributed by atoms with Crippen LogP contribution in [0, 0.1) is 11.7 Å². The molecule has 1 aromatic carbocycles. The molecule has 0 amide bonds. The molecule has 2 unspecified atom stereocenters. The van der Waals surface area contributed by atoms with Crippen LogP contribution in [0.15, 0.2) is 18.2 Å². The highest BCUT2D eigenvalue weighted by Crippen LogP contribution is 2.37. The van der Waals surface area contributed by atoms with E-state index in [1.807, 2.05) is 0 Å². The summed E-state index contributed by atoms with van der Waals surface area (Å²) in [5.74, 6) is -1.99. The first-order valence-electron chi connectivity index (χ1n) is 6.59. The van der Waals surface area contributed by atoms with Crippen molar-refractivity contribution in [3.05, 3.63) is 29.6 Å². The van der Waals surface area contributed by atoms with E-state index in [1.54, 1.807) is 6.07 Å². The number of alkyl halides is 3. The molecule has 1 heterocycles. The summed E-state index contributed by atoms with van der Waals surface area (Å²) in [4.78, 5) is 1.52. The summed E-state index contributed by atoms with van der Waals surface area (Å²) >= 11 is 0. The number of hydrogen-bond acceptors (Lipinski definition) is 2. The fraction of sp³-hybridized carbons (Fsp3) is 0.571. The van der Waals surface area contributed by atoms with Crippen molar-refractivity contribution in [2.75, 3.05) is 18.0 Å². The number of hydrogen-bond donors (Lipinski definition) is 1. The highest BCUT2D eigenvalue weighted by atomic mass is 19.4. The van der Waals surface area contributed by atoms with E-state index >= 15 is 0 Å². The first kappa shape index (κ1) is 15.1. The molecular weight excluding hydrogens is 274 g/mol. The molecule has 1 N–H and O–H groups in total. The molecule has 1 aliphatic heterocycles. The van der Waals surface area contributed by atoms with E-state index in [0.29, 0.717) is 18.7 Å². The second kappa shape index (κ2) is 5.60. The van der Waals surface area contributed by atoms with Gasteiger partial charge in [0.25, 0.3) is 0 Å². The lowest BCUT2D eigenvalue weighted by molar-refractivity contribution is -0.176. The molecular formula is C14H17F4NO. The molecule has 0 spiro atoms. The summed E-state index contributed by atoms with van der Waals surface area (Å²) in [7, 11) is 0. The number of aliphatic hydroxyl groups excluding tert-OH is 1. The van der Waals surface area contributed by atoms with Gasteiger partial charge in [-0.1, -0.05) is 6.07 Å². The smallest absolute Gasteiger partial charge is 0.389 e. The van der Waals surface area contributed by atoms with Gasteiger partial charge in [-0.3, -0.25) is 0 Å². The summed E-state index contributed by atoms with van der Waals surface area (Å²) in [5.41, 5.74) is 0.421. The van der Waals surface area contributed by atoms with Gasteiger partial charge in [-0.15, -0.1) is 0 Å². The largest absolute Gasteiger partial charge is 0.393 e. The average Bonchev–Trinajstić information content (AvgIpc) is 2.37. The first-order chi connectivity index (χ1) is 9.30. The minimum atomic E-state index is -4.24. The Morgan fingerprint density at radius 2 is 2.05 bits per heavy atom. The number of aliphatic hydroxyl groups is 1. The van der Waals surface area contributed by atoms with E-state index in [1.165, 1.54) is 24.0 Å². The van der Waals surface area contributed by atoms with E-state index in [4.69, 9.17) is 0 Å². The molecule has 2 atom stereocenters. The number of anilines is 1. The lowest BCUT2D eigenvalue weighted by Gasteiger charge is -2.36. The van der Waals surface area contributed by atoms with Crippen molar-refractivity contribution in [3.63, 3.8) is 0 Å². The Bertz CT molecular complexity index is 473. The predicted octanol–water partition coefficient (Wildman–Crippen LogP) is 3.66. The van der Waals surface area contributed by atoms with Gasteiger partial charge in [0, 0.05) is 24.3 Å². The number of piperidine rings is 1. The van der Waals surface area contributed by atoms with Crippen molar-refractivity contribution in [1.29, 1.82) is 0 Å². The van der Waals surface area contributed by atoms with Crippen LogP contribution in [-0.4, -0.2) is 24.4 Å². The van der Waals surface area contributed by atoms with Crippen molar-refractivity contribution >= 4 is 5.69 Å². The molecule has 2 rings (SSSR count). The van der Waals surface area contributed by atoms with Gasteiger partial charge in [-0.05, 0) is 31.9 Å². The Morgan fingerprint density at radius 3 is 2.65 bits per heavy atom. The predicted molar refractivity (Wildman–Crippen MR) is 68.0 cm³/mol. The summed E-state index contributed by atoms with van der Waals surface area (Å²) in [5, 5.41) is 9.65. The Balaban J connectivity index is 2.30. The Morgan fingerprint density at radius 1 is 1.35 bits per heavy atom. The molecule has 0 saturated carbocycles. The van der Waals surface area contributed by atoms with Crippen LogP contribution >= 0.6 is 0 Å².